The SMILES string of the molecule is CC(c1ccc(S(=O)(=O)OCC(C)(C)C)cc1)C(F)F. The third-order valence-corrected chi connectivity index (χ3v) is 4.00. The first-order valence-corrected chi connectivity index (χ1v) is 7.71. The van der Waals surface area contributed by atoms with Crippen LogP contribution in [0, 0.1) is 5.41 Å². The molecule has 0 radical (unpaired) electrons. The highest BCUT2D eigenvalue weighted by molar-refractivity contribution is 7.86. The summed E-state index contributed by atoms with van der Waals surface area (Å²) in [6.45, 7) is 7.02. The zero-order valence-corrected chi connectivity index (χ0v) is 12.9. The van der Waals surface area contributed by atoms with Crippen LogP contribution in [-0.4, -0.2) is 21.5 Å². The van der Waals surface area contributed by atoms with Crippen molar-refractivity contribution in [3.8, 4) is 0 Å². The Morgan fingerprint density at radius 1 is 1.15 bits per heavy atom. The Hall–Kier alpha value is -1.01. The minimum Gasteiger partial charge on any atom is -0.266 e. The van der Waals surface area contributed by atoms with Crippen LogP contribution in [0.25, 0.3) is 0 Å². The molecule has 0 aliphatic heterocycles. The van der Waals surface area contributed by atoms with Gasteiger partial charge in [0.05, 0.1) is 11.5 Å². The Balaban J connectivity index is 2.87. The number of hydrogen-bond acceptors (Lipinski definition) is 3. The number of alkyl halides is 2. The number of hydrogen-bond donors (Lipinski definition) is 0. The van der Waals surface area contributed by atoms with Gasteiger partial charge in [0.1, 0.15) is 0 Å². The van der Waals surface area contributed by atoms with Crippen molar-refractivity contribution in [1.82, 2.24) is 0 Å². The van der Waals surface area contributed by atoms with Gasteiger partial charge in [0.2, 0.25) is 6.43 Å². The Morgan fingerprint density at radius 2 is 1.65 bits per heavy atom. The highest BCUT2D eigenvalue weighted by atomic mass is 32.2. The van der Waals surface area contributed by atoms with Crippen LogP contribution in [0.5, 0.6) is 0 Å². The van der Waals surface area contributed by atoms with Gasteiger partial charge in [-0.25, -0.2) is 8.78 Å². The Labute approximate surface area is 119 Å². The fourth-order valence-electron chi connectivity index (χ4n) is 1.41. The molecule has 0 spiro atoms. The third-order valence-electron chi connectivity index (χ3n) is 2.72. The van der Waals surface area contributed by atoms with E-state index >= 15 is 0 Å². The van der Waals surface area contributed by atoms with E-state index in [4.69, 9.17) is 4.18 Å². The van der Waals surface area contributed by atoms with Crippen molar-refractivity contribution in [2.45, 2.75) is 44.9 Å². The van der Waals surface area contributed by atoms with Crippen molar-refractivity contribution in [3.05, 3.63) is 29.8 Å². The van der Waals surface area contributed by atoms with E-state index < -0.39 is 22.5 Å². The van der Waals surface area contributed by atoms with Crippen molar-refractivity contribution >= 4 is 10.1 Å². The molecule has 1 aromatic rings. The highest BCUT2D eigenvalue weighted by Gasteiger charge is 2.21. The van der Waals surface area contributed by atoms with Gasteiger partial charge < -0.3 is 0 Å². The molecular weight excluding hydrogens is 286 g/mol. The quantitative estimate of drug-likeness (QED) is 0.777. The standard InChI is InChI=1S/C14H20F2O3S/c1-10(13(15)16)11-5-7-12(8-6-11)20(17,18)19-9-14(2,3)4/h5-8,10,13H,9H2,1-4H3. The molecule has 1 aromatic carbocycles. The first kappa shape index (κ1) is 17.0. The van der Waals surface area contributed by atoms with Gasteiger partial charge >= 0.3 is 0 Å². The fraction of sp³-hybridized carbons (Fsp3) is 0.571. The largest absolute Gasteiger partial charge is 0.296 e. The van der Waals surface area contributed by atoms with Crippen molar-refractivity contribution in [2.24, 2.45) is 5.41 Å². The molecule has 0 saturated heterocycles. The molecule has 0 saturated carbocycles. The maximum atomic E-state index is 12.6. The van der Waals surface area contributed by atoms with Gasteiger partial charge in [-0.1, -0.05) is 39.8 Å². The summed E-state index contributed by atoms with van der Waals surface area (Å²) in [5.74, 6) is -0.928. The van der Waals surface area contributed by atoms with Crippen molar-refractivity contribution in [1.29, 1.82) is 0 Å². The van der Waals surface area contributed by atoms with E-state index in [0.29, 0.717) is 5.56 Å². The maximum Gasteiger partial charge on any atom is 0.296 e. The predicted molar refractivity (Wildman–Crippen MR) is 73.5 cm³/mol. The second kappa shape index (κ2) is 6.18. The Kier molecular flexibility index (Phi) is 5.27. The van der Waals surface area contributed by atoms with Crippen molar-refractivity contribution < 1.29 is 21.4 Å². The summed E-state index contributed by atoms with van der Waals surface area (Å²) >= 11 is 0. The van der Waals surface area contributed by atoms with Crippen LogP contribution in [-0.2, 0) is 14.3 Å². The summed E-state index contributed by atoms with van der Waals surface area (Å²) in [5.41, 5.74) is 0.117. The summed E-state index contributed by atoms with van der Waals surface area (Å²) in [4.78, 5) is -0.0213. The molecule has 114 valence electrons. The average Bonchev–Trinajstić information content (AvgIpc) is 2.35. The van der Waals surface area contributed by atoms with Gasteiger partial charge in [0.25, 0.3) is 10.1 Å². The van der Waals surface area contributed by atoms with E-state index in [9.17, 15) is 17.2 Å². The van der Waals surface area contributed by atoms with E-state index in [1.165, 1.54) is 31.2 Å². The van der Waals surface area contributed by atoms with Gasteiger partial charge in [-0.05, 0) is 23.1 Å². The second-order valence-corrected chi connectivity index (χ2v) is 7.58. The smallest absolute Gasteiger partial charge is 0.266 e. The molecule has 1 unspecified atom stereocenters. The van der Waals surface area contributed by atoms with E-state index in [1.54, 1.807) is 0 Å². The predicted octanol–water partition coefficient (Wildman–Crippen LogP) is 3.81. The third kappa shape index (κ3) is 4.83. The van der Waals surface area contributed by atoms with Crippen molar-refractivity contribution in [2.75, 3.05) is 6.61 Å². The molecule has 0 fully saturated rings. The van der Waals surface area contributed by atoms with Gasteiger partial charge in [0.15, 0.2) is 0 Å². The first-order chi connectivity index (χ1) is 9.03. The van der Waals surface area contributed by atoms with Crippen LogP contribution in [0.4, 0.5) is 8.78 Å². The van der Waals surface area contributed by atoms with Gasteiger partial charge in [-0.3, -0.25) is 4.18 Å². The van der Waals surface area contributed by atoms with Crippen LogP contribution >= 0.6 is 0 Å². The van der Waals surface area contributed by atoms with Crippen LogP contribution in [0.1, 0.15) is 39.2 Å². The number of benzene rings is 1. The summed E-state index contributed by atoms with van der Waals surface area (Å²) < 4.78 is 53.9. The molecule has 1 atom stereocenters. The lowest BCUT2D eigenvalue weighted by Crippen LogP contribution is -2.18. The summed E-state index contributed by atoms with van der Waals surface area (Å²) in [6.07, 6.45) is -2.48. The molecule has 0 aliphatic carbocycles. The molecule has 0 amide bonds. The zero-order valence-electron chi connectivity index (χ0n) is 12.1. The van der Waals surface area contributed by atoms with Crippen LogP contribution in [0.2, 0.25) is 0 Å². The van der Waals surface area contributed by atoms with E-state index in [-0.39, 0.29) is 16.9 Å². The lowest BCUT2D eigenvalue weighted by atomic mass is 9.99. The average molecular weight is 306 g/mol. The normalized spacial score (nSPS) is 14.6. The topological polar surface area (TPSA) is 43.4 Å². The fourth-order valence-corrected chi connectivity index (χ4v) is 2.52. The molecule has 1 rings (SSSR count). The second-order valence-electron chi connectivity index (χ2n) is 5.97. The van der Waals surface area contributed by atoms with E-state index in [2.05, 4.69) is 0 Å². The molecule has 3 nitrogen and oxygen atoms in total. The molecular formula is C14H20F2O3S. The van der Waals surface area contributed by atoms with Crippen molar-refractivity contribution in [3.63, 3.8) is 0 Å². The lowest BCUT2D eigenvalue weighted by Gasteiger charge is -2.18. The van der Waals surface area contributed by atoms with E-state index in [0.717, 1.165) is 0 Å². The van der Waals surface area contributed by atoms with Gasteiger partial charge in [0, 0.05) is 5.92 Å². The highest BCUT2D eigenvalue weighted by Crippen LogP contribution is 2.25. The molecule has 20 heavy (non-hydrogen) atoms. The monoisotopic (exact) mass is 306 g/mol. The molecule has 6 heteroatoms. The van der Waals surface area contributed by atoms with Gasteiger partial charge in [-0.2, -0.15) is 8.42 Å². The molecule has 0 aliphatic rings. The minimum atomic E-state index is -3.84. The number of halogens is 2. The molecule has 0 bridgehead atoms. The van der Waals surface area contributed by atoms with Crippen LogP contribution < -0.4 is 0 Å². The summed E-state index contributed by atoms with van der Waals surface area (Å²) in [7, 11) is -3.84. The Morgan fingerprint density at radius 3 is 2.05 bits per heavy atom. The van der Waals surface area contributed by atoms with E-state index in [1.807, 2.05) is 20.8 Å². The minimum absolute atomic E-state index is 0.0213. The summed E-state index contributed by atoms with van der Waals surface area (Å²) in [6, 6.07) is 5.38. The molecule has 0 aromatic heterocycles. The van der Waals surface area contributed by atoms with Crippen LogP contribution in [0.3, 0.4) is 0 Å². The summed E-state index contributed by atoms with van der Waals surface area (Å²) in [5, 5.41) is 0. The number of rotatable bonds is 5. The zero-order chi connectivity index (χ0) is 15.6. The Bertz CT molecular complexity index is 531. The first-order valence-electron chi connectivity index (χ1n) is 6.30. The molecule has 0 heterocycles. The lowest BCUT2D eigenvalue weighted by molar-refractivity contribution is 0.121. The van der Waals surface area contributed by atoms with Gasteiger partial charge in [-0.15, -0.1) is 0 Å². The maximum absolute atomic E-state index is 12.6. The molecule has 0 N–H and O–H groups in total. The van der Waals surface area contributed by atoms with Crippen LogP contribution in [0.15, 0.2) is 29.2 Å².